The van der Waals surface area contributed by atoms with E-state index in [1.807, 2.05) is 30.3 Å². The van der Waals surface area contributed by atoms with Crippen molar-refractivity contribution in [3.8, 4) is 0 Å². The molecule has 106 valence electrons. The summed E-state index contributed by atoms with van der Waals surface area (Å²) in [6.07, 6.45) is 0. The van der Waals surface area contributed by atoms with Crippen LogP contribution in [0.3, 0.4) is 0 Å². The summed E-state index contributed by atoms with van der Waals surface area (Å²) in [5.41, 5.74) is 2.56. The first-order valence-corrected chi connectivity index (χ1v) is 6.73. The summed E-state index contributed by atoms with van der Waals surface area (Å²) >= 11 is 5.87. The van der Waals surface area contributed by atoms with Gasteiger partial charge in [0, 0.05) is 23.3 Å². The highest BCUT2D eigenvalue weighted by atomic mass is 35.5. The minimum atomic E-state index is -0.359. The fourth-order valence-electron chi connectivity index (χ4n) is 1.90. The number of methoxy groups -OCH3 is 1. The van der Waals surface area contributed by atoms with E-state index in [1.165, 1.54) is 7.11 Å². The summed E-state index contributed by atoms with van der Waals surface area (Å²) in [6, 6.07) is 11.5. The van der Waals surface area contributed by atoms with Crippen molar-refractivity contribution in [2.75, 3.05) is 7.11 Å². The Morgan fingerprint density at radius 2 is 2.00 bits per heavy atom. The third-order valence-corrected chi connectivity index (χ3v) is 3.37. The van der Waals surface area contributed by atoms with E-state index in [2.05, 4.69) is 22.0 Å². The zero-order chi connectivity index (χ0) is 14.5. The predicted molar refractivity (Wildman–Crippen MR) is 78.8 cm³/mol. The maximum Gasteiger partial charge on any atom is 0.354 e. The number of esters is 1. The van der Waals surface area contributed by atoms with Crippen LogP contribution in [-0.4, -0.2) is 18.1 Å². The van der Waals surface area contributed by atoms with Gasteiger partial charge in [-0.05, 0) is 36.8 Å². The number of hydrogen-bond donors (Lipinski definition) is 2. The number of H-pyrrole nitrogens is 1. The van der Waals surface area contributed by atoms with Gasteiger partial charge in [0.2, 0.25) is 0 Å². The highest BCUT2D eigenvalue weighted by Crippen LogP contribution is 2.16. The Morgan fingerprint density at radius 3 is 2.65 bits per heavy atom. The second-order valence-electron chi connectivity index (χ2n) is 4.54. The number of carbonyl (C=O) groups is 1. The Morgan fingerprint density at radius 1 is 1.30 bits per heavy atom. The second-order valence-corrected chi connectivity index (χ2v) is 4.98. The van der Waals surface area contributed by atoms with E-state index in [0.29, 0.717) is 12.2 Å². The quantitative estimate of drug-likeness (QED) is 0.831. The van der Waals surface area contributed by atoms with Crippen LogP contribution in [0.4, 0.5) is 0 Å². The fourth-order valence-corrected chi connectivity index (χ4v) is 2.03. The standard InChI is InChI=1S/C15H17ClN2O2/c1-10(11-3-5-12(16)6-4-11)17-9-13-7-8-14(18-13)15(19)20-2/h3-8,10,17-18H,9H2,1-2H3/t10-/m1/s1. The molecular formula is C15H17ClN2O2. The normalized spacial score (nSPS) is 12.2. The number of carbonyl (C=O) groups excluding carboxylic acids is 1. The lowest BCUT2D eigenvalue weighted by Crippen LogP contribution is -2.18. The predicted octanol–water partition coefficient (Wildman–Crippen LogP) is 3.31. The summed E-state index contributed by atoms with van der Waals surface area (Å²) in [7, 11) is 1.36. The van der Waals surface area contributed by atoms with Gasteiger partial charge in [-0.1, -0.05) is 23.7 Å². The summed E-state index contributed by atoms with van der Waals surface area (Å²) in [5, 5.41) is 4.11. The minimum absolute atomic E-state index is 0.192. The average molecular weight is 293 g/mol. The van der Waals surface area contributed by atoms with Crippen LogP contribution in [0, 0.1) is 0 Å². The molecule has 0 spiro atoms. The van der Waals surface area contributed by atoms with E-state index in [-0.39, 0.29) is 12.0 Å². The zero-order valence-corrected chi connectivity index (χ0v) is 12.2. The van der Waals surface area contributed by atoms with Crippen LogP contribution in [0.5, 0.6) is 0 Å². The lowest BCUT2D eigenvalue weighted by atomic mass is 10.1. The molecule has 0 amide bonds. The Kier molecular flexibility index (Phi) is 4.82. The van der Waals surface area contributed by atoms with E-state index < -0.39 is 0 Å². The van der Waals surface area contributed by atoms with Gasteiger partial charge in [0.15, 0.2) is 0 Å². The lowest BCUT2D eigenvalue weighted by molar-refractivity contribution is 0.0594. The van der Waals surface area contributed by atoms with Gasteiger partial charge in [-0.15, -0.1) is 0 Å². The first-order chi connectivity index (χ1) is 9.60. The molecule has 0 radical (unpaired) electrons. The van der Waals surface area contributed by atoms with Crippen LogP contribution in [0.15, 0.2) is 36.4 Å². The Balaban J connectivity index is 1.93. The Bertz CT molecular complexity index is 578. The average Bonchev–Trinajstić information content (AvgIpc) is 2.93. The van der Waals surface area contributed by atoms with Crippen LogP contribution in [0.1, 0.15) is 34.7 Å². The largest absolute Gasteiger partial charge is 0.464 e. The number of hydrogen-bond acceptors (Lipinski definition) is 3. The van der Waals surface area contributed by atoms with Crippen LogP contribution < -0.4 is 5.32 Å². The van der Waals surface area contributed by atoms with Crippen molar-refractivity contribution in [2.45, 2.75) is 19.5 Å². The van der Waals surface area contributed by atoms with Gasteiger partial charge < -0.3 is 15.0 Å². The second kappa shape index (κ2) is 6.59. The van der Waals surface area contributed by atoms with Crippen LogP contribution in [0.2, 0.25) is 5.02 Å². The van der Waals surface area contributed by atoms with Gasteiger partial charge >= 0.3 is 5.97 Å². The van der Waals surface area contributed by atoms with E-state index in [1.54, 1.807) is 6.07 Å². The molecule has 5 heteroatoms. The molecule has 0 aliphatic heterocycles. The summed E-state index contributed by atoms with van der Waals surface area (Å²) in [6.45, 7) is 2.72. The first kappa shape index (κ1) is 14.6. The van der Waals surface area contributed by atoms with E-state index in [9.17, 15) is 4.79 Å². The highest BCUT2D eigenvalue weighted by molar-refractivity contribution is 6.30. The van der Waals surface area contributed by atoms with Gasteiger partial charge in [0.25, 0.3) is 0 Å². The van der Waals surface area contributed by atoms with Gasteiger partial charge in [-0.2, -0.15) is 0 Å². The first-order valence-electron chi connectivity index (χ1n) is 6.35. The molecule has 1 aromatic heterocycles. The molecule has 0 saturated heterocycles. The molecule has 0 bridgehead atoms. The number of halogens is 1. The van der Waals surface area contributed by atoms with Crippen molar-refractivity contribution >= 4 is 17.6 Å². The molecule has 0 fully saturated rings. The molecule has 0 saturated carbocycles. The molecule has 1 atom stereocenters. The number of aromatic amines is 1. The summed E-state index contributed by atoms with van der Waals surface area (Å²) in [5.74, 6) is -0.359. The third kappa shape index (κ3) is 3.62. The summed E-state index contributed by atoms with van der Waals surface area (Å²) in [4.78, 5) is 14.4. The molecule has 0 unspecified atom stereocenters. The van der Waals surface area contributed by atoms with Crippen molar-refractivity contribution in [2.24, 2.45) is 0 Å². The number of aromatic nitrogens is 1. The highest BCUT2D eigenvalue weighted by Gasteiger charge is 2.09. The van der Waals surface area contributed by atoms with Crippen molar-refractivity contribution in [1.82, 2.24) is 10.3 Å². The Labute approximate surface area is 123 Å². The molecular weight excluding hydrogens is 276 g/mol. The molecule has 1 heterocycles. The van der Waals surface area contributed by atoms with Gasteiger partial charge in [0.1, 0.15) is 5.69 Å². The zero-order valence-electron chi connectivity index (χ0n) is 11.4. The van der Waals surface area contributed by atoms with Crippen LogP contribution in [0.25, 0.3) is 0 Å². The van der Waals surface area contributed by atoms with Gasteiger partial charge in [-0.25, -0.2) is 4.79 Å². The van der Waals surface area contributed by atoms with Crippen LogP contribution in [-0.2, 0) is 11.3 Å². The maximum atomic E-state index is 11.3. The van der Waals surface area contributed by atoms with Crippen molar-refractivity contribution in [1.29, 1.82) is 0 Å². The Hall–Kier alpha value is -1.78. The fraction of sp³-hybridized carbons (Fsp3) is 0.267. The number of nitrogens with one attached hydrogen (secondary N) is 2. The molecule has 4 nitrogen and oxygen atoms in total. The molecule has 2 rings (SSSR count). The third-order valence-electron chi connectivity index (χ3n) is 3.12. The van der Waals surface area contributed by atoms with Crippen molar-refractivity contribution in [3.05, 3.63) is 58.4 Å². The molecule has 0 aliphatic rings. The molecule has 0 aliphatic carbocycles. The monoisotopic (exact) mass is 292 g/mol. The topological polar surface area (TPSA) is 54.1 Å². The van der Waals surface area contributed by atoms with E-state index >= 15 is 0 Å². The number of ether oxygens (including phenoxy) is 1. The number of rotatable bonds is 5. The SMILES string of the molecule is COC(=O)c1ccc(CN[C@H](C)c2ccc(Cl)cc2)[nH]1. The molecule has 1 aromatic carbocycles. The molecule has 2 aromatic rings. The van der Waals surface area contributed by atoms with Gasteiger partial charge in [0.05, 0.1) is 7.11 Å². The van der Waals surface area contributed by atoms with Crippen molar-refractivity contribution in [3.63, 3.8) is 0 Å². The summed E-state index contributed by atoms with van der Waals surface area (Å²) < 4.78 is 4.65. The van der Waals surface area contributed by atoms with Gasteiger partial charge in [-0.3, -0.25) is 0 Å². The molecule has 20 heavy (non-hydrogen) atoms. The maximum absolute atomic E-state index is 11.3. The molecule has 2 N–H and O–H groups in total. The minimum Gasteiger partial charge on any atom is -0.464 e. The van der Waals surface area contributed by atoms with E-state index in [4.69, 9.17) is 11.6 Å². The van der Waals surface area contributed by atoms with E-state index in [0.717, 1.165) is 16.3 Å². The van der Waals surface area contributed by atoms with Crippen molar-refractivity contribution < 1.29 is 9.53 Å². The van der Waals surface area contributed by atoms with Crippen LogP contribution >= 0.6 is 11.6 Å². The smallest absolute Gasteiger partial charge is 0.354 e. The number of benzene rings is 1. The lowest BCUT2D eigenvalue weighted by Gasteiger charge is -2.13.